The minimum atomic E-state index is 0.773. The lowest BCUT2D eigenvalue weighted by molar-refractivity contribution is 1.65. The van der Waals surface area contributed by atoms with Gasteiger partial charge in [0.2, 0.25) is 0 Å². The lowest BCUT2D eigenvalue weighted by Gasteiger charge is -2.05. The molecule has 0 unspecified atom stereocenters. The lowest BCUT2D eigenvalue weighted by atomic mass is 9.92. The average Bonchev–Trinajstić information content (AvgIpc) is 2.39. The van der Waals surface area contributed by atoms with Crippen LogP contribution < -0.4 is 5.46 Å². The Hall–Kier alpha value is -1.73. The summed E-state index contributed by atoms with van der Waals surface area (Å²) in [7, 11) is 2.12. The number of benzene rings is 3. The summed E-state index contributed by atoms with van der Waals surface area (Å²) in [6.45, 7) is 0. The van der Waals surface area contributed by atoms with Crippen LogP contribution in [0.5, 0.6) is 0 Å². The fraction of sp³-hybridized carbons (Fsp3) is 0. The molecule has 18 heavy (non-hydrogen) atoms. The molecular weight excluding hydrogens is 238 g/mol. The second kappa shape index (κ2) is 4.51. The van der Waals surface area contributed by atoms with Gasteiger partial charge in [0.25, 0.3) is 0 Å². The van der Waals surface area contributed by atoms with E-state index in [0.717, 1.165) is 5.02 Å². The molecule has 0 spiro atoms. The molecule has 0 aliphatic carbocycles. The van der Waals surface area contributed by atoms with Crippen LogP contribution in [0.3, 0.4) is 0 Å². The van der Waals surface area contributed by atoms with E-state index in [1.54, 1.807) is 0 Å². The van der Waals surface area contributed by atoms with Gasteiger partial charge in [-0.2, -0.15) is 0 Å². The zero-order chi connectivity index (χ0) is 12.5. The summed E-state index contributed by atoms with van der Waals surface area (Å²) in [6, 6.07) is 21.0. The van der Waals surface area contributed by atoms with Gasteiger partial charge in [0.05, 0.1) is 0 Å². The summed E-state index contributed by atoms with van der Waals surface area (Å²) in [6.07, 6.45) is 0. The molecule has 0 saturated carbocycles. The first-order valence-electron chi connectivity index (χ1n) is 5.99. The smallest absolute Gasteiger partial charge is 0.0883 e. The lowest BCUT2D eigenvalue weighted by Crippen LogP contribution is -1.99. The van der Waals surface area contributed by atoms with E-state index >= 15 is 0 Å². The van der Waals surface area contributed by atoms with Gasteiger partial charge >= 0.3 is 0 Å². The monoisotopic (exact) mass is 250 g/mol. The Balaban J connectivity index is 2.13. The Morgan fingerprint density at radius 2 is 1.28 bits per heavy atom. The van der Waals surface area contributed by atoms with Crippen molar-refractivity contribution in [3.8, 4) is 11.1 Å². The molecular formula is C16H12BCl. The summed E-state index contributed by atoms with van der Waals surface area (Å²) in [5.74, 6) is 0. The third-order valence-corrected chi connectivity index (χ3v) is 3.43. The van der Waals surface area contributed by atoms with Gasteiger partial charge in [0.1, 0.15) is 7.85 Å². The van der Waals surface area contributed by atoms with Crippen molar-refractivity contribution in [2.75, 3.05) is 0 Å². The first-order valence-corrected chi connectivity index (χ1v) is 6.36. The highest BCUT2D eigenvalue weighted by molar-refractivity contribution is 6.33. The summed E-state index contributed by atoms with van der Waals surface area (Å²) in [5, 5.41) is 3.33. The maximum absolute atomic E-state index is 5.91. The van der Waals surface area contributed by atoms with Crippen LogP contribution in [0.1, 0.15) is 0 Å². The highest BCUT2D eigenvalue weighted by Gasteiger charge is 2.00. The quantitative estimate of drug-likeness (QED) is 0.581. The number of rotatable bonds is 1. The largest absolute Gasteiger partial charge is 0.139 e. The van der Waals surface area contributed by atoms with E-state index in [-0.39, 0.29) is 0 Å². The Morgan fingerprint density at radius 1 is 0.667 bits per heavy atom. The van der Waals surface area contributed by atoms with Crippen molar-refractivity contribution >= 4 is 35.7 Å². The molecule has 3 aromatic rings. The maximum Gasteiger partial charge on any atom is 0.139 e. The molecule has 0 atom stereocenters. The molecule has 3 rings (SSSR count). The molecule has 0 nitrogen and oxygen atoms in total. The standard InChI is InChI=1S/C16H12BCl/c17-15-6-3-13-9-12(1-2-14(13)10-15)11-4-7-16(18)8-5-11/h1-10H,17H2. The fourth-order valence-electron chi connectivity index (χ4n) is 2.19. The molecule has 0 heterocycles. The van der Waals surface area contributed by atoms with Crippen molar-refractivity contribution in [1.82, 2.24) is 0 Å². The van der Waals surface area contributed by atoms with Gasteiger partial charge in [-0.25, -0.2) is 0 Å². The van der Waals surface area contributed by atoms with Gasteiger partial charge in [0.15, 0.2) is 0 Å². The minimum absolute atomic E-state index is 0.773. The van der Waals surface area contributed by atoms with Gasteiger partial charge in [-0.3, -0.25) is 0 Å². The molecule has 0 bridgehead atoms. The molecule has 0 fully saturated rings. The van der Waals surface area contributed by atoms with E-state index in [0.29, 0.717) is 0 Å². The minimum Gasteiger partial charge on any atom is -0.0883 e. The number of fused-ring (bicyclic) bond motifs is 1. The normalized spacial score (nSPS) is 10.7. The average molecular weight is 251 g/mol. The Bertz CT molecular complexity index is 702. The molecule has 3 aromatic carbocycles. The number of hydrogen-bond donors (Lipinski definition) is 0. The summed E-state index contributed by atoms with van der Waals surface area (Å²) in [5.41, 5.74) is 3.71. The van der Waals surface area contributed by atoms with Crippen LogP contribution in [-0.4, -0.2) is 7.85 Å². The molecule has 0 aliphatic heterocycles. The van der Waals surface area contributed by atoms with Crippen molar-refractivity contribution < 1.29 is 0 Å². The summed E-state index contributed by atoms with van der Waals surface area (Å²) < 4.78 is 0. The highest BCUT2D eigenvalue weighted by Crippen LogP contribution is 2.25. The molecule has 0 saturated heterocycles. The van der Waals surface area contributed by atoms with Crippen molar-refractivity contribution in [2.45, 2.75) is 0 Å². The molecule has 0 aromatic heterocycles. The van der Waals surface area contributed by atoms with Gasteiger partial charge in [-0.1, -0.05) is 59.5 Å². The Morgan fingerprint density at radius 3 is 2.06 bits per heavy atom. The zero-order valence-electron chi connectivity index (χ0n) is 10.2. The zero-order valence-corrected chi connectivity index (χ0v) is 10.9. The van der Waals surface area contributed by atoms with Crippen LogP contribution in [0.15, 0.2) is 60.7 Å². The molecule has 0 radical (unpaired) electrons. The van der Waals surface area contributed by atoms with Crippen molar-refractivity contribution in [3.05, 3.63) is 65.7 Å². The van der Waals surface area contributed by atoms with Gasteiger partial charge in [0, 0.05) is 5.02 Å². The predicted octanol–water partition coefficient (Wildman–Crippen LogP) is 3.42. The first-order chi connectivity index (χ1) is 8.72. The number of hydrogen-bond acceptors (Lipinski definition) is 0. The highest BCUT2D eigenvalue weighted by atomic mass is 35.5. The van der Waals surface area contributed by atoms with Crippen LogP contribution in [0.2, 0.25) is 5.02 Å². The first kappa shape index (κ1) is 11.4. The van der Waals surface area contributed by atoms with Crippen LogP contribution in [0.4, 0.5) is 0 Å². The van der Waals surface area contributed by atoms with E-state index in [1.807, 2.05) is 12.1 Å². The molecule has 0 aliphatic rings. The fourth-order valence-corrected chi connectivity index (χ4v) is 2.31. The van der Waals surface area contributed by atoms with Crippen molar-refractivity contribution in [3.63, 3.8) is 0 Å². The topological polar surface area (TPSA) is 0 Å². The third-order valence-electron chi connectivity index (χ3n) is 3.17. The molecule has 0 N–H and O–H groups in total. The van der Waals surface area contributed by atoms with E-state index in [1.165, 1.54) is 27.4 Å². The summed E-state index contributed by atoms with van der Waals surface area (Å²) >= 11 is 5.91. The number of halogens is 1. The Kier molecular flexibility index (Phi) is 2.85. The Labute approximate surface area is 113 Å². The molecule has 0 amide bonds. The van der Waals surface area contributed by atoms with Crippen LogP contribution in [0.25, 0.3) is 21.9 Å². The van der Waals surface area contributed by atoms with Crippen molar-refractivity contribution in [1.29, 1.82) is 0 Å². The predicted molar refractivity (Wildman–Crippen MR) is 82.6 cm³/mol. The van der Waals surface area contributed by atoms with Gasteiger partial charge in [-0.05, 0) is 40.1 Å². The second-order valence-corrected chi connectivity index (χ2v) is 5.01. The third kappa shape index (κ3) is 2.14. The van der Waals surface area contributed by atoms with Gasteiger partial charge < -0.3 is 0 Å². The SMILES string of the molecule is Bc1ccc2cc(-c3ccc(Cl)cc3)ccc2c1. The van der Waals surface area contributed by atoms with Crippen LogP contribution >= 0.6 is 11.6 Å². The van der Waals surface area contributed by atoms with Crippen LogP contribution in [-0.2, 0) is 0 Å². The summed E-state index contributed by atoms with van der Waals surface area (Å²) in [4.78, 5) is 0. The van der Waals surface area contributed by atoms with Crippen molar-refractivity contribution in [2.24, 2.45) is 0 Å². The van der Waals surface area contributed by atoms with Crippen LogP contribution in [0, 0.1) is 0 Å². The van der Waals surface area contributed by atoms with E-state index in [9.17, 15) is 0 Å². The van der Waals surface area contributed by atoms with E-state index in [4.69, 9.17) is 11.6 Å². The molecule has 86 valence electrons. The van der Waals surface area contributed by atoms with E-state index in [2.05, 4.69) is 56.4 Å². The molecule has 2 heteroatoms. The maximum atomic E-state index is 5.91. The second-order valence-electron chi connectivity index (χ2n) is 4.57. The van der Waals surface area contributed by atoms with E-state index < -0.39 is 0 Å². The van der Waals surface area contributed by atoms with Gasteiger partial charge in [-0.15, -0.1) is 0 Å².